The summed E-state index contributed by atoms with van der Waals surface area (Å²) < 4.78 is 13.7. The molecule has 0 aliphatic carbocycles. The van der Waals surface area contributed by atoms with Crippen LogP contribution in [-0.4, -0.2) is 4.98 Å². The lowest BCUT2D eigenvalue weighted by atomic mass is 9.92. The largest absolute Gasteiger partial charge is 0.254 e. The topological polar surface area (TPSA) is 12.9 Å². The quantitative estimate of drug-likeness (QED) is 0.715. The summed E-state index contributed by atoms with van der Waals surface area (Å²) in [6, 6.07) is 2.08. The van der Waals surface area contributed by atoms with Crippen molar-refractivity contribution in [2.75, 3.05) is 0 Å². The highest BCUT2D eigenvalue weighted by Crippen LogP contribution is 2.30. The second kappa shape index (κ2) is 5.44. The van der Waals surface area contributed by atoms with Crippen LogP contribution < -0.4 is 0 Å². The van der Waals surface area contributed by atoms with Gasteiger partial charge < -0.3 is 0 Å². The molecule has 1 aromatic rings. The van der Waals surface area contributed by atoms with Gasteiger partial charge >= 0.3 is 0 Å². The van der Waals surface area contributed by atoms with Crippen LogP contribution in [0, 0.1) is 0 Å². The Hall–Kier alpha value is -1.18. The molecule has 0 N–H and O–H groups in total. The molecule has 0 bridgehead atoms. The number of hydrogen-bond acceptors (Lipinski definition) is 1. The maximum Gasteiger partial charge on any atom is 0.140 e. The van der Waals surface area contributed by atoms with Crippen LogP contribution in [0.4, 0.5) is 4.39 Å². The van der Waals surface area contributed by atoms with Gasteiger partial charge in [-0.25, -0.2) is 4.39 Å². The van der Waals surface area contributed by atoms with Gasteiger partial charge in [0.25, 0.3) is 0 Å². The van der Waals surface area contributed by atoms with Gasteiger partial charge in [0.1, 0.15) is 6.17 Å². The lowest BCUT2D eigenvalue weighted by molar-refractivity contribution is 0.364. The van der Waals surface area contributed by atoms with Crippen LogP contribution in [-0.2, 0) is 0 Å². The molecule has 1 rings (SSSR count). The Morgan fingerprint density at radius 1 is 1.18 bits per heavy atom. The molecule has 17 heavy (non-hydrogen) atoms. The van der Waals surface area contributed by atoms with Crippen LogP contribution >= 0.6 is 0 Å². The van der Waals surface area contributed by atoms with Crippen molar-refractivity contribution in [1.29, 1.82) is 0 Å². The highest BCUT2D eigenvalue weighted by molar-refractivity contribution is 5.56. The Morgan fingerprint density at radius 2 is 1.76 bits per heavy atom. The van der Waals surface area contributed by atoms with Gasteiger partial charge in [0.05, 0.1) is 5.69 Å². The highest BCUT2D eigenvalue weighted by Gasteiger charge is 2.18. The van der Waals surface area contributed by atoms with Crippen LogP contribution in [0.1, 0.15) is 75.1 Å². The summed E-state index contributed by atoms with van der Waals surface area (Å²) in [6.07, 6.45) is 0.664. The second-order valence-electron chi connectivity index (χ2n) is 5.06. The average molecular weight is 235 g/mol. The second-order valence-corrected chi connectivity index (χ2v) is 5.06. The number of halogens is 1. The first kappa shape index (κ1) is 13.9. The van der Waals surface area contributed by atoms with Gasteiger partial charge in [-0.3, -0.25) is 4.98 Å². The standard InChI is InChI=1S/C15H22FN/c1-7-12-13(9(2)3)8-14(10(4)5)17-15(12)11(6)16/h7-11H,1H2,2-6H3. The van der Waals surface area contributed by atoms with E-state index in [0.717, 1.165) is 16.8 Å². The Balaban J connectivity index is 3.51. The third kappa shape index (κ3) is 2.93. The van der Waals surface area contributed by atoms with Crippen LogP contribution in [0.25, 0.3) is 6.08 Å². The first-order valence-corrected chi connectivity index (χ1v) is 6.19. The molecule has 0 saturated heterocycles. The fourth-order valence-corrected chi connectivity index (χ4v) is 1.92. The zero-order chi connectivity index (χ0) is 13.2. The van der Waals surface area contributed by atoms with E-state index in [0.29, 0.717) is 17.5 Å². The van der Waals surface area contributed by atoms with E-state index in [-0.39, 0.29) is 0 Å². The fraction of sp³-hybridized carbons (Fsp3) is 0.533. The van der Waals surface area contributed by atoms with Crippen LogP contribution in [0.3, 0.4) is 0 Å². The lowest BCUT2D eigenvalue weighted by Gasteiger charge is -2.18. The minimum Gasteiger partial charge on any atom is -0.254 e. The summed E-state index contributed by atoms with van der Waals surface area (Å²) >= 11 is 0. The average Bonchev–Trinajstić information content (AvgIpc) is 2.26. The zero-order valence-corrected chi connectivity index (χ0v) is 11.4. The molecule has 0 aliphatic heterocycles. The van der Waals surface area contributed by atoms with Crippen molar-refractivity contribution in [3.05, 3.63) is 35.2 Å². The van der Waals surface area contributed by atoms with E-state index >= 15 is 0 Å². The smallest absolute Gasteiger partial charge is 0.140 e. The molecule has 0 spiro atoms. The minimum absolute atomic E-state index is 0.309. The molecule has 1 atom stereocenters. The summed E-state index contributed by atoms with van der Waals surface area (Å²) in [5, 5.41) is 0. The van der Waals surface area contributed by atoms with Crippen molar-refractivity contribution in [2.45, 2.75) is 52.6 Å². The molecule has 1 nitrogen and oxygen atoms in total. The van der Waals surface area contributed by atoms with Gasteiger partial charge in [0, 0.05) is 11.3 Å². The number of hydrogen-bond donors (Lipinski definition) is 0. The van der Waals surface area contributed by atoms with Crippen LogP contribution in [0.5, 0.6) is 0 Å². The fourth-order valence-electron chi connectivity index (χ4n) is 1.92. The van der Waals surface area contributed by atoms with E-state index in [1.54, 1.807) is 6.08 Å². The van der Waals surface area contributed by atoms with Crippen molar-refractivity contribution < 1.29 is 4.39 Å². The SMILES string of the molecule is C=Cc1c(C(C)C)cc(C(C)C)nc1C(C)F. The maximum atomic E-state index is 13.7. The van der Waals surface area contributed by atoms with Gasteiger partial charge in [0.2, 0.25) is 0 Å². The third-order valence-electron chi connectivity index (χ3n) is 2.93. The molecule has 0 amide bonds. The van der Waals surface area contributed by atoms with Crippen molar-refractivity contribution >= 4 is 6.08 Å². The maximum absolute atomic E-state index is 13.7. The number of alkyl halides is 1. The normalized spacial score (nSPS) is 13.2. The van der Waals surface area contributed by atoms with Crippen LogP contribution in [0.15, 0.2) is 12.6 Å². The van der Waals surface area contributed by atoms with Crippen molar-refractivity contribution in [2.24, 2.45) is 0 Å². The molecule has 2 heteroatoms. The number of nitrogens with zero attached hydrogens (tertiary/aromatic N) is 1. The highest BCUT2D eigenvalue weighted by atomic mass is 19.1. The summed E-state index contributed by atoms with van der Waals surface area (Å²) in [5.74, 6) is 0.657. The molecule has 1 unspecified atom stereocenters. The van der Waals surface area contributed by atoms with Gasteiger partial charge in [-0.1, -0.05) is 40.3 Å². The molecule has 0 aromatic carbocycles. The molecule has 0 radical (unpaired) electrons. The van der Waals surface area contributed by atoms with E-state index in [9.17, 15) is 4.39 Å². The van der Waals surface area contributed by atoms with Gasteiger partial charge in [-0.05, 0) is 30.4 Å². The number of aromatic nitrogens is 1. The molecule has 0 saturated carbocycles. The van der Waals surface area contributed by atoms with Crippen molar-refractivity contribution in [3.63, 3.8) is 0 Å². The lowest BCUT2D eigenvalue weighted by Crippen LogP contribution is -2.06. The molecule has 1 aromatic heterocycles. The van der Waals surface area contributed by atoms with Crippen LogP contribution in [0.2, 0.25) is 0 Å². The number of pyridine rings is 1. The predicted molar refractivity (Wildman–Crippen MR) is 72.0 cm³/mol. The van der Waals surface area contributed by atoms with Gasteiger partial charge in [-0.2, -0.15) is 0 Å². The van der Waals surface area contributed by atoms with Crippen molar-refractivity contribution in [3.8, 4) is 0 Å². The summed E-state index contributed by atoms with van der Waals surface area (Å²) in [4.78, 5) is 4.44. The third-order valence-corrected chi connectivity index (χ3v) is 2.93. The van der Waals surface area contributed by atoms with Gasteiger partial charge in [-0.15, -0.1) is 0 Å². The summed E-state index contributed by atoms with van der Waals surface area (Å²) in [5.41, 5.74) is 3.48. The zero-order valence-electron chi connectivity index (χ0n) is 11.4. The molecule has 0 aliphatic rings. The van der Waals surface area contributed by atoms with E-state index in [4.69, 9.17) is 0 Å². The first-order chi connectivity index (χ1) is 7.88. The molecule has 0 fully saturated rings. The van der Waals surface area contributed by atoms with E-state index in [1.807, 2.05) is 0 Å². The monoisotopic (exact) mass is 235 g/mol. The minimum atomic E-state index is -1.06. The Kier molecular flexibility index (Phi) is 4.44. The van der Waals surface area contributed by atoms with E-state index in [1.165, 1.54) is 6.92 Å². The molecular formula is C15H22FN. The molecular weight excluding hydrogens is 213 g/mol. The van der Waals surface area contributed by atoms with E-state index in [2.05, 4.69) is 45.3 Å². The first-order valence-electron chi connectivity index (χ1n) is 6.19. The number of rotatable bonds is 4. The Labute approximate surface area is 104 Å². The summed E-state index contributed by atoms with van der Waals surface area (Å²) in [7, 11) is 0. The predicted octanol–water partition coefficient (Wildman–Crippen LogP) is 5.00. The van der Waals surface area contributed by atoms with Crippen molar-refractivity contribution in [1.82, 2.24) is 4.98 Å². The summed E-state index contributed by atoms with van der Waals surface area (Å²) in [6.45, 7) is 13.7. The Morgan fingerprint density at radius 3 is 2.12 bits per heavy atom. The molecule has 94 valence electrons. The van der Waals surface area contributed by atoms with E-state index < -0.39 is 6.17 Å². The van der Waals surface area contributed by atoms with Gasteiger partial charge in [0.15, 0.2) is 0 Å². The molecule has 1 heterocycles. The Bertz CT molecular complexity index is 376.